The zero-order chi connectivity index (χ0) is 38.4. The topological polar surface area (TPSA) is 200 Å². The highest BCUT2D eigenvalue weighted by molar-refractivity contribution is 5.91. The Bertz CT molecular complexity index is 1380. The Morgan fingerprint density at radius 3 is 2.40 bits per heavy atom. The first-order valence-electron chi connectivity index (χ1n) is 17.5. The number of amides is 2. The lowest BCUT2D eigenvalue weighted by Crippen LogP contribution is -2.48. The van der Waals surface area contributed by atoms with E-state index in [1.165, 1.54) is 24.8 Å². The number of carbonyl (C=O) groups is 2. The number of allylic oxidation sites excluding steroid dienone is 5. The van der Waals surface area contributed by atoms with Crippen LogP contribution in [0.15, 0.2) is 64.5 Å². The molecule has 2 aliphatic rings. The van der Waals surface area contributed by atoms with Crippen molar-refractivity contribution in [2.45, 2.75) is 111 Å². The molecule has 0 spiro atoms. The first kappa shape index (κ1) is 45.8. The Kier molecular flexibility index (Phi) is 22.0. The molecule has 0 aromatic heterocycles. The second-order valence-corrected chi connectivity index (χ2v) is 12.3. The summed E-state index contributed by atoms with van der Waals surface area (Å²) in [5.41, 5.74) is 12.4. The maximum Gasteiger partial charge on any atom is 0.237 e. The fourth-order valence-corrected chi connectivity index (χ4v) is 6.17. The molecule has 1 heterocycles. The van der Waals surface area contributed by atoms with Gasteiger partial charge in [0.25, 0.3) is 0 Å². The van der Waals surface area contributed by atoms with E-state index in [2.05, 4.69) is 41.0 Å². The molecule has 8 N–H and O–H groups in total. The van der Waals surface area contributed by atoms with Crippen molar-refractivity contribution in [3.05, 3.63) is 71.1 Å². The van der Waals surface area contributed by atoms with Gasteiger partial charge < -0.3 is 27.5 Å². The SMILES string of the molecule is C/C=C(\C)CCc1cc(F)ccc1C(C)(CCNCC(=O)N1C2C(C)C2CC[C@H]1C#N)C(=N)N=NN.C=C/C(=C\C)CCC(N)=O.CC.CN. The highest BCUT2D eigenvalue weighted by atomic mass is 19.1. The molecule has 2 amide bonds. The number of nitrogens with two attached hydrogens (primary N) is 3. The van der Waals surface area contributed by atoms with Crippen molar-refractivity contribution in [2.75, 3.05) is 20.1 Å². The summed E-state index contributed by atoms with van der Waals surface area (Å²) in [6.45, 7) is 18.1. The summed E-state index contributed by atoms with van der Waals surface area (Å²) in [4.78, 5) is 25.1. The highest BCUT2D eigenvalue weighted by Crippen LogP contribution is 2.50. The van der Waals surface area contributed by atoms with Gasteiger partial charge in [0.1, 0.15) is 11.9 Å². The maximum absolute atomic E-state index is 14.2. The van der Waals surface area contributed by atoms with Crippen molar-refractivity contribution < 1.29 is 14.0 Å². The van der Waals surface area contributed by atoms with Gasteiger partial charge in [-0.2, -0.15) is 5.26 Å². The number of aryl methyl sites for hydroxylation is 1. The number of benzene rings is 1. The first-order chi connectivity index (χ1) is 23.9. The van der Waals surface area contributed by atoms with E-state index in [9.17, 15) is 19.2 Å². The van der Waals surface area contributed by atoms with Gasteiger partial charge in [-0.3, -0.25) is 15.0 Å². The molecule has 50 heavy (non-hydrogen) atoms. The number of halogens is 1. The molecule has 278 valence electrons. The minimum absolute atomic E-state index is 0.0241. The first-order valence-corrected chi connectivity index (χ1v) is 17.5. The predicted octanol–water partition coefficient (Wildman–Crippen LogP) is 6.40. The highest BCUT2D eigenvalue weighted by Gasteiger charge is 2.56. The Hall–Kier alpha value is -4.21. The Morgan fingerprint density at radius 2 is 1.86 bits per heavy atom. The van der Waals surface area contributed by atoms with E-state index in [0.29, 0.717) is 44.1 Å². The van der Waals surface area contributed by atoms with Crippen LogP contribution in [0.1, 0.15) is 98.1 Å². The number of carbonyl (C=O) groups excluding carboxylic acids is 2. The van der Waals surface area contributed by atoms with Crippen LogP contribution in [0.2, 0.25) is 0 Å². The van der Waals surface area contributed by atoms with E-state index in [4.69, 9.17) is 17.0 Å². The van der Waals surface area contributed by atoms with E-state index in [-0.39, 0.29) is 42.1 Å². The van der Waals surface area contributed by atoms with Crippen molar-refractivity contribution >= 4 is 17.6 Å². The molecule has 1 aromatic carbocycles. The Morgan fingerprint density at radius 1 is 1.20 bits per heavy atom. The zero-order valence-corrected chi connectivity index (χ0v) is 31.6. The molecular formula is C38H62FN9O2. The van der Waals surface area contributed by atoms with E-state index in [0.717, 1.165) is 36.0 Å². The molecule has 5 atom stereocenters. The number of amidine groups is 1. The van der Waals surface area contributed by atoms with E-state index < -0.39 is 5.41 Å². The molecule has 1 aliphatic carbocycles. The van der Waals surface area contributed by atoms with Crippen LogP contribution in [0.5, 0.6) is 0 Å². The number of nitriles is 1. The lowest BCUT2D eigenvalue weighted by atomic mass is 9.75. The molecular weight excluding hydrogens is 633 g/mol. The number of primary amides is 1. The van der Waals surface area contributed by atoms with E-state index in [1.54, 1.807) is 17.0 Å². The van der Waals surface area contributed by atoms with Crippen LogP contribution in [0, 0.1) is 34.4 Å². The average Bonchev–Trinajstić information content (AvgIpc) is 3.79. The smallest absolute Gasteiger partial charge is 0.237 e. The molecule has 1 saturated heterocycles. The quantitative estimate of drug-likeness (QED) is 0.0218. The van der Waals surface area contributed by atoms with Crippen LogP contribution < -0.4 is 22.6 Å². The monoisotopic (exact) mass is 696 g/mol. The van der Waals surface area contributed by atoms with Gasteiger partial charge in [-0.25, -0.2) is 4.39 Å². The molecule has 1 aliphatic heterocycles. The minimum atomic E-state index is -0.887. The summed E-state index contributed by atoms with van der Waals surface area (Å²) in [6, 6.07) is 6.73. The Labute approximate surface area is 299 Å². The number of hydrogen-bond donors (Lipinski definition) is 5. The van der Waals surface area contributed by atoms with Gasteiger partial charge in [0, 0.05) is 12.5 Å². The van der Waals surface area contributed by atoms with Crippen LogP contribution in [0.3, 0.4) is 0 Å². The van der Waals surface area contributed by atoms with Gasteiger partial charge in [0.05, 0.1) is 18.0 Å². The lowest BCUT2D eigenvalue weighted by Gasteiger charge is -2.32. The molecule has 4 unspecified atom stereocenters. The summed E-state index contributed by atoms with van der Waals surface area (Å²) in [7, 11) is 1.50. The molecule has 0 radical (unpaired) electrons. The number of rotatable bonds is 14. The molecule has 12 heteroatoms. The number of hydrogen-bond acceptors (Lipinski definition) is 7. The van der Waals surface area contributed by atoms with Crippen molar-refractivity contribution in [1.82, 2.24) is 10.2 Å². The van der Waals surface area contributed by atoms with Gasteiger partial charge in [-0.1, -0.05) is 68.0 Å². The second kappa shape index (κ2) is 24.0. The third kappa shape index (κ3) is 13.6. The zero-order valence-electron chi connectivity index (χ0n) is 31.6. The fraction of sp³-hybridized carbons (Fsp3) is 0.579. The summed E-state index contributed by atoms with van der Waals surface area (Å²) in [5.74, 6) is 5.54. The number of nitrogens with zero attached hydrogens (tertiary/aromatic N) is 4. The molecule has 2 fully saturated rings. The molecule has 3 rings (SSSR count). The van der Waals surface area contributed by atoms with E-state index >= 15 is 0 Å². The van der Waals surface area contributed by atoms with Crippen LogP contribution in [0.4, 0.5) is 4.39 Å². The van der Waals surface area contributed by atoms with Crippen LogP contribution in [0.25, 0.3) is 0 Å². The van der Waals surface area contributed by atoms with Gasteiger partial charge >= 0.3 is 0 Å². The predicted molar refractivity (Wildman–Crippen MR) is 202 cm³/mol. The normalized spacial score (nSPS) is 20.6. The number of piperidine rings is 1. The standard InChI is InChI=1S/C27H38FN7O.C8H13NO.C2H6.CH5N/c1-5-17(2)6-7-19-14-20(28)8-11-23(19)27(4,26(30)33-34-31)12-13-32-16-24(36)35-21(15-29)9-10-22-18(3)25(22)35;1-3-7(4-2)5-6-8(9)10;2*1-2/h5,8,11,14,18,21-22,25,32H,6-7,9-10,12-13,16H2,1-4H3,(H3,30,31,33);3-4H,1,5-6H2,2H3,(H2,9,10);1-2H3;2H2,1H3/b17-5+;7-4+;;/t18?,21-,22?,25?,27?;;;/m0.../s1. The van der Waals surface area contributed by atoms with Crippen molar-refractivity contribution in [3.8, 4) is 6.07 Å². The maximum atomic E-state index is 14.2. The van der Waals surface area contributed by atoms with E-state index in [1.807, 2.05) is 53.7 Å². The lowest BCUT2D eigenvalue weighted by molar-refractivity contribution is -0.133. The van der Waals surface area contributed by atoms with Crippen LogP contribution >= 0.6 is 0 Å². The van der Waals surface area contributed by atoms with Crippen molar-refractivity contribution in [1.29, 1.82) is 10.7 Å². The number of nitrogens with one attached hydrogen (secondary N) is 2. The van der Waals surface area contributed by atoms with Crippen molar-refractivity contribution in [3.63, 3.8) is 0 Å². The van der Waals surface area contributed by atoms with Gasteiger partial charge in [0.2, 0.25) is 11.8 Å². The molecule has 1 aromatic rings. The largest absolute Gasteiger partial charge is 0.370 e. The van der Waals surface area contributed by atoms with Crippen molar-refractivity contribution in [2.24, 2.45) is 39.5 Å². The second-order valence-electron chi connectivity index (χ2n) is 12.3. The number of fused-ring (bicyclic) bond motifs is 1. The Balaban J connectivity index is 0.00000146. The summed E-state index contributed by atoms with van der Waals surface area (Å²) in [6.07, 6.45) is 10.4. The van der Waals surface area contributed by atoms with Gasteiger partial charge in [-0.15, -0.1) is 5.11 Å². The number of likely N-dealkylation sites (tertiary alicyclic amines) is 1. The molecule has 0 bridgehead atoms. The average molecular weight is 696 g/mol. The molecule has 1 saturated carbocycles. The summed E-state index contributed by atoms with van der Waals surface area (Å²) in [5, 5.41) is 28.5. The summed E-state index contributed by atoms with van der Waals surface area (Å²) >= 11 is 0. The van der Waals surface area contributed by atoms with Crippen LogP contribution in [-0.2, 0) is 21.4 Å². The fourth-order valence-electron chi connectivity index (χ4n) is 6.17. The van der Waals surface area contributed by atoms with Gasteiger partial charge in [0.15, 0.2) is 5.84 Å². The third-order valence-corrected chi connectivity index (χ3v) is 9.37. The minimum Gasteiger partial charge on any atom is -0.370 e. The summed E-state index contributed by atoms with van der Waals surface area (Å²) < 4.78 is 14.2. The third-order valence-electron chi connectivity index (χ3n) is 9.37. The van der Waals surface area contributed by atoms with Crippen LogP contribution in [-0.4, -0.2) is 54.8 Å². The molecule has 11 nitrogen and oxygen atoms in total. The van der Waals surface area contributed by atoms with Gasteiger partial charge in [-0.05, 0) is 115 Å².